The van der Waals surface area contributed by atoms with Gasteiger partial charge in [-0.05, 0) is 29.8 Å². The summed E-state index contributed by atoms with van der Waals surface area (Å²) in [6.45, 7) is 0.159. The summed E-state index contributed by atoms with van der Waals surface area (Å²) in [5.74, 6) is 1.33. The topological polar surface area (TPSA) is 77.2 Å². The highest BCUT2D eigenvalue weighted by molar-refractivity contribution is 6.33. The van der Waals surface area contributed by atoms with Crippen molar-refractivity contribution in [3.05, 3.63) is 65.0 Å². The normalized spacial score (nSPS) is 10.5. The van der Waals surface area contributed by atoms with Crippen molar-refractivity contribution in [3.8, 4) is 17.1 Å². The molecule has 0 aliphatic carbocycles. The molecule has 0 atom stereocenters. The third-order valence-corrected chi connectivity index (χ3v) is 3.87. The molecule has 0 saturated carbocycles. The fourth-order valence-electron chi connectivity index (χ4n) is 2.24. The number of rotatable bonds is 6. The van der Waals surface area contributed by atoms with E-state index in [4.69, 9.17) is 20.9 Å². The summed E-state index contributed by atoms with van der Waals surface area (Å²) in [5.41, 5.74) is 1.57. The number of methoxy groups -OCH3 is 1. The first-order valence-electron chi connectivity index (χ1n) is 7.63. The average molecular weight is 358 g/mol. The smallest absolute Gasteiger partial charge is 0.246 e. The number of aromatic nitrogens is 2. The van der Waals surface area contributed by atoms with Crippen molar-refractivity contribution in [2.24, 2.45) is 0 Å². The van der Waals surface area contributed by atoms with E-state index in [9.17, 15) is 4.79 Å². The zero-order valence-electron chi connectivity index (χ0n) is 13.5. The fraction of sp³-hybridized carbons (Fsp3) is 0.167. The Labute approximate surface area is 149 Å². The number of nitrogens with zero attached hydrogens (tertiary/aromatic N) is 2. The van der Waals surface area contributed by atoms with Crippen molar-refractivity contribution in [2.45, 2.75) is 13.0 Å². The van der Waals surface area contributed by atoms with Gasteiger partial charge in [0.2, 0.25) is 17.6 Å². The molecule has 3 aromatic rings. The van der Waals surface area contributed by atoms with Crippen molar-refractivity contribution in [2.75, 3.05) is 7.11 Å². The Hall–Kier alpha value is -2.86. The van der Waals surface area contributed by atoms with Gasteiger partial charge in [0, 0.05) is 5.56 Å². The minimum atomic E-state index is -0.136. The van der Waals surface area contributed by atoms with Crippen LogP contribution in [-0.4, -0.2) is 23.2 Å². The number of carbonyl (C=O) groups is 1. The predicted octanol–water partition coefficient (Wildman–Crippen LogP) is 3.26. The molecule has 3 rings (SSSR count). The Morgan fingerprint density at radius 3 is 2.68 bits per heavy atom. The maximum atomic E-state index is 12.0. The van der Waals surface area contributed by atoms with Crippen LogP contribution in [0.2, 0.25) is 5.02 Å². The summed E-state index contributed by atoms with van der Waals surface area (Å²) in [7, 11) is 1.60. The molecular weight excluding hydrogens is 342 g/mol. The van der Waals surface area contributed by atoms with Gasteiger partial charge in [-0.25, -0.2) is 0 Å². The van der Waals surface area contributed by atoms with E-state index in [0.29, 0.717) is 22.3 Å². The van der Waals surface area contributed by atoms with Gasteiger partial charge in [0.1, 0.15) is 5.75 Å². The standard InChI is InChI=1S/C18H16ClN3O3/c1-24-13-8-6-12(7-9-13)10-16(23)20-11-17-21-18(22-25-17)14-4-2-3-5-15(14)19/h2-9H,10-11H2,1H3,(H,20,23). The zero-order chi connectivity index (χ0) is 17.6. The molecular formula is C18H16ClN3O3. The van der Waals surface area contributed by atoms with E-state index in [0.717, 1.165) is 11.3 Å². The minimum Gasteiger partial charge on any atom is -0.497 e. The van der Waals surface area contributed by atoms with Crippen LogP contribution >= 0.6 is 11.6 Å². The lowest BCUT2D eigenvalue weighted by molar-refractivity contribution is -0.120. The average Bonchev–Trinajstić information content (AvgIpc) is 3.10. The van der Waals surface area contributed by atoms with E-state index >= 15 is 0 Å². The molecule has 0 aliphatic rings. The number of hydrogen-bond acceptors (Lipinski definition) is 5. The maximum absolute atomic E-state index is 12.0. The van der Waals surface area contributed by atoms with E-state index in [2.05, 4.69) is 15.5 Å². The lowest BCUT2D eigenvalue weighted by Crippen LogP contribution is -2.24. The van der Waals surface area contributed by atoms with Gasteiger partial charge >= 0.3 is 0 Å². The highest BCUT2D eigenvalue weighted by atomic mass is 35.5. The quantitative estimate of drug-likeness (QED) is 0.732. The second-order valence-corrected chi connectivity index (χ2v) is 5.70. The summed E-state index contributed by atoms with van der Waals surface area (Å²) in [5, 5.41) is 7.19. The number of carbonyl (C=O) groups excluding carboxylic acids is 1. The van der Waals surface area contributed by atoms with Crippen molar-refractivity contribution in [3.63, 3.8) is 0 Å². The molecule has 1 aromatic heterocycles. The molecule has 7 heteroatoms. The molecule has 1 N–H and O–H groups in total. The Morgan fingerprint density at radius 1 is 1.20 bits per heavy atom. The van der Waals surface area contributed by atoms with E-state index < -0.39 is 0 Å². The SMILES string of the molecule is COc1ccc(CC(=O)NCc2nc(-c3ccccc3Cl)no2)cc1. The summed E-state index contributed by atoms with van der Waals surface area (Å²) < 4.78 is 10.2. The molecule has 0 spiro atoms. The maximum Gasteiger partial charge on any atom is 0.246 e. The Bertz CT molecular complexity index is 862. The second-order valence-electron chi connectivity index (χ2n) is 5.29. The van der Waals surface area contributed by atoms with Crippen LogP contribution in [0.15, 0.2) is 53.1 Å². The molecule has 0 saturated heterocycles. The van der Waals surface area contributed by atoms with Crippen LogP contribution in [0.4, 0.5) is 0 Å². The number of hydrogen-bond donors (Lipinski definition) is 1. The van der Waals surface area contributed by atoms with Gasteiger partial charge in [-0.2, -0.15) is 4.98 Å². The monoisotopic (exact) mass is 357 g/mol. The van der Waals surface area contributed by atoms with Crippen molar-refractivity contribution in [1.82, 2.24) is 15.5 Å². The summed E-state index contributed by atoms with van der Waals surface area (Å²) in [4.78, 5) is 16.3. The predicted molar refractivity (Wildman–Crippen MR) is 93.3 cm³/mol. The number of benzene rings is 2. The molecule has 2 aromatic carbocycles. The van der Waals surface area contributed by atoms with E-state index in [1.165, 1.54) is 0 Å². The van der Waals surface area contributed by atoms with Crippen LogP contribution in [0, 0.1) is 0 Å². The van der Waals surface area contributed by atoms with Gasteiger partial charge in [0.15, 0.2) is 0 Å². The largest absolute Gasteiger partial charge is 0.497 e. The number of amides is 1. The second kappa shape index (κ2) is 7.81. The molecule has 25 heavy (non-hydrogen) atoms. The zero-order valence-corrected chi connectivity index (χ0v) is 14.3. The molecule has 0 unspecified atom stereocenters. The molecule has 1 heterocycles. The first kappa shape index (κ1) is 17.0. The van der Waals surface area contributed by atoms with Crippen LogP contribution in [0.25, 0.3) is 11.4 Å². The van der Waals surface area contributed by atoms with Crippen molar-refractivity contribution < 1.29 is 14.1 Å². The van der Waals surface area contributed by atoms with E-state index in [-0.39, 0.29) is 18.9 Å². The summed E-state index contributed by atoms with van der Waals surface area (Å²) >= 11 is 6.11. The Kier molecular flexibility index (Phi) is 5.30. The van der Waals surface area contributed by atoms with Gasteiger partial charge < -0.3 is 14.6 Å². The Morgan fingerprint density at radius 2 is 1.96 bits per heavy atom. The van der Waals surface area contributed by atoms with Gasteiger partial charge in [0.25, 0.3) is 0 Å². The lowest BCUT2D eigenvalue weighted by atomic mass is 10.1. The van der Waals surface area contributed by atoms with Gasteiger partial charge in [-0.3, -0.25) is 4.79 Å². The van der Waals surface area contributed by atoms with Gasteiger partial charge in [-0.15, -0.1) is 0 Å². The summed E-state index contributed by atoms with van der Waals surface area (Å²) in [6, 6.07) is 14.6. The first-order valence-corrected chi connectivity index (χ1v) is 8.00. The summed E-state index contributed by atoms with van der Waals surface area (Å²) in [6.07, 6.45) is 0.259. The van der Waals surface area contributed by atoms with E-state index in [1.54, 1.807) is 19.2 Å². The van der Waals surface area contributed by atoms with Crippen LogP contribution in [0.5, 0.6) is 5.75 Å². The molecule has 0 aliphatic heterocycles. The molecule has 6 nitrogen and oxygen atoms in total. The lowest BCUT2D eigenvalue weighted by Gasteiger charge is -2.04. The van der Waals surface area contributed by atoms with E-state index in [1.807, 2.05) is 36.4 Å². The molecule has 0 radical (unpaired) electrons. The molecule has 128 valence electrons. The first-order chi connectivity index (χ1) is 12.2. The Balaban J connectivity index is 1.56. The molecule has 1 amide bonds. The van der Waals surface area contributed by atoms with Crippen molar-refractivity contribution >= 4 is 17.5 Å². The van der Waals surface area contributed by atoms with Gasteiger partial charge in [0.05, 0.1) is 25.1 Å². The number of nitrogens with one attached hydrogen (secondary N) is 1. The molecule has 0 bridgehead atoms. The van der Waals surface area contributed by atoms with Crippen LogP contribution < -0.4 is 10.1 Å². The highest BCUT2D eigenvalue weighted by Crippen LogP contribution is 2.24. The van der Waals surface area contributed by atoms with Gasteiger partial charge in [-0.1, -0.05) is 41.0 Å². The number of halogens is 1. The van der Waals surface area contributed by atoms with Crippen molar-refractivity contribution in [1.29, 1.82) is 0 Å². The fourth-order valence-corrected chi connectivity index (χ4v) is 2.46. The third-order valence-electron chi connectivity index (χ3n) is 3.54. The van der Waals surface area contributed by atoms with Crippen LogP contribution in [0.3, 0.4) is 0 Å². The minimum absolute atomic E-state index is 0.136. The van der Waals surface area contributed by atoms with Crippen LogP contribution in [0.1, 0.15) is 11.5 Å². The number of ether oxygens (including phenoxy) is 1. The molecule has 0 fully saturated rings. The third kappa shape index (κ3) is 4.36. The van der Waals surface area contributed by atoms with Crippen LogP contribution in [-0.2, 0) is 17.8 Å². The highest BCUT2D eigenvalue weighted by Gasteiger charge is 2.12.